The van der Waals surface area contributed by atoms with Crippen molar-refractivity contribution < 1.29 is 14.3 Å². The van der Waals surface area contributed by atoms with E-state index < -0.39 is 0 Å². The summed E-state index contributed by atoms with van der Waals surface area (Å²) in [5.41, 5.74) is 1.30. The monoisotopic (exact) mass is 349 g/mol. The molecule has 24 heavy (non-hydrogen) atoms. The number of carbonyl (C=O) groups excluding carboxylic acids is 1. The molecule has 0 saturated heterocycles. The molecule has 0 saturated carbocycles. The summed E-state index contributed by atoms with van der Waals surface area (Å²) >= 11 is 1.72. The van der Waals surface area contributed by atoms with E-state index in [4.69, 9.17) is 9.47 Å². The van der Waals surface area contributed by atoms with Crippen LogP contribution in [0.2, 0.25) is 0 Å². The Hall–Kier alpha value is -1.73. The van der Waals surface area contributed by atoms with Crippen LogP contribution in [0.15, 0.2) is 6.33 Å². The van der Waals surface area contributed by atoms with Crippen molar-refractivity contribution in [2.75, 3.05) is 20.3 Å². The largest absolute Gasteiger partial charge is 0.467 e. The van der Waals surface area contributed by atoms with E-state index in [-0.39, 0.29) is 18.6 Å². The topological polar surface area (TPSA) is 73.3 Å². The number of nitrogens with one attached hydrogen (secondary N) is 1. The summed E-state index contributed by atoms with van der Waals surface area (Å²) in [6, 6.07) is -0.0492. The van der Waals surface area contributed by atoms with Crippen molar-refractivity contribution in [1.82, 2.24) is 15.3 Å². The molecule has 0 fully saturated rings. The van der Waals surface area contributed by atoms with Gasteiger partial charge in [-0.15, -0.1) is 11.3 Å². The minimum Gasteiger partial charge on any atom is -0.467 e. The second kappa shape index (κ2) is 7.44. The van der Waals surface area contributed by atoms with E-state index >= 15 is 0 Å². The molecule has 3 rings (SSSR count). The Labute approximate surface area is 145 Å². The molecule has 0 radical (unpaired) electrons. The number of carbonyl (C=O) groups is 1. The molecule has 1 aliphatic carbocycles. The molecular formula is C17H23N3O3S. The van der Waals surface area contributed by atoms with E-state index in [0.29, 0.717) is 18.4 Å². The summed E-state index contributed by atoms with van der Waals surface area (Å²) in [5.74, 6) is 1.04. The van der Waals surface area contributed by atoms with Crippen LogP contribution >= 0.6 is 11.3 Å². The predicted octanol–water partition coefficient (Wildman–Crippen LogP) is 2.35. The van der Waals surface area contributed by atoms with E-state index in [1.54, 1.807) is 18.4 Å². The maximum absolute atomic E-state index is 12.0. The van der Waals surface area contributed by atoms with Crippen molar-refractivity contribution in [3.05, 3.63) is 16.8 Å². The van der Waals surface area contributed by atoms with Gasteiger partial charge in [-0.05, 0) is 37.7 Å². The number of nitrogens with zero attached hydrogens (tertiary/aromatic N) is 2. The van der Waals surface area contributed by atoms with Crippen LogP contribution in [0.3, 0.4) is 0 Å². The molecule has 2 aromatic heterocycles. The van der Waals surface area contributed by atoms with Gasteiger partial charge < -0.3 is 14.8 Å². The number of hydrogen-bond donors (Lipinski definition) is 1. The maximum atomic E-state index is 12.0. The van der Waals surface area contributed by atoms with Gasteiger partial charge in [0.1, 0.15) is 11.2 Å². The number of rotatable bonds is 6. The fraction of sp³-hybridized carbons (Fsp3) is 0.588. The molecule has 0 aromatic carbocycles. The van der Waals surface area contributed by atoms with Crippen LogP contribution in [0, 0.1) is 5.92 Å². The van der Waals surface area contributed by atoms with E-state index in [9.17, 15) is 4.79 Å². The van der Waals surface area contributed by atoms with Gasteiger partial charge in [-0.1, -0.05) is 6.92 Å². The second-order valence-electron chi connectivity index (χ2n) is 6.42. The lowest BCUT2D eigenvalue weighted by molar-refractivity contribution is -0.124. The highest BCUT2D eigenvalue weighted by Crippen LogP contribution is 2.40. The Morgan fingerprint density at radius 3 is 3.12 bits per heavy atom. The maximum Gasteiger partial charge on any atom is 0.258 e. The van der Waals surface area contributed by atoms with Crippen LogP contribution in [0.25, 0.3) is 10.2 Å². The molecule has 0 aliphatic heterocycles. The average Bonchev–Trinajstić information content (AvgIpc) is 2.90. The first-order chi connectivity index (χ1) is 11.6. The highest BCUT2D eigenvalue weighted by Gasteiger charge is 2.24. The lowest BCUT2D eigenvalue weighted by Gasteiger charge is -2.18. The third-order valence-electron chi connectivity index (χ3n) is 4.22. The van der Waals surface area contributed by atoms with Gasteiger partial charge in [0.25, 0.3) is 5.91 Å². The number of fused-ring (bicyclic) bond motifs is 3. The summed E-state index contributed by atoms with van der Waals surface area (Å²) in [4.78, 5) is 23.0. The highest BCUT2D eigenvalue weighted by atomic mass is 32.1. The van der Waals surface area contributed by atoms with Gasteiger partial charge in [-0.2, -0.15) is 0 Å². The van der Waals surface area contributed by atoms with Crippen LogP contribution in [0.4, 0.5) is 0 Å². The zero-order valence-corrected chi connectivity index (χ0v) is 15.1. The lowest BCUT2D eigenvalue weighted by Crippen LogP contribution is -2.38. The zero-order chi connectivity index (χ0) is 17.1. The summed E-state index contributed by atoms with van der Waals surface area (Å²) < 4.78 is 10.7. The fourth-order valence-corrected chi connectivity index (χ4v) is 4.44. The summed E-state index contributed by atoms with van der Waals surface area (Å²) in [7, 11) is 1.61. The molecule has 0 bridgehead atoms. The third-order valence-corrected chi connectivity index (χ3v) is 5.38. The van der Waals surface area contributed by atoms with Gasteiger partial charge in [0.05, 0.1) is 12.0 Å². The molecule has 1 N–H and O–H groups in total. The van der Waals surface area contributed by atoms with Crippen molar-refractivity contribution in [3.63, 3.8) is 0 Å². The Balaban J connectivity index is 1.74. The highest BCUT2D eigenvalue weighted by molar-refractivity contribution is 7.18. The summed E-state index contributed by atoms with van der Waals surface area (Å²) in [5, 5.41) is 3.82. The van der Waals surface area contributed by atoms with E-state index in [2.05, 4.69) is 22.2 Å². The number of amides is 1. The molecule has 1 amide bonds. The molecule has 130 valence electrons. The molecule has 0 spiro atoms. The minimum atomic E-state index is -0.177. The molecular weight excluding hydrogens is 326 g/mol. The molecule has 1 aliphatic rings. The quantitative estimate of drug-likeness (QED) is 0.866. The van der Waals surface area contributed by atoms with E-state index in [1.807, 2.05) is 6.92 Å². The van der Waals surface area contributed by atoms with E-state index in [0.717, 1.165) is 23.1 Å². The number of methoxy groups -OCH3 is 1. The smallest absolute Gasteiger partial charge is 0.258 e. The Morgan fingerprint density at radius 2 is 2.33 bits per heavy atom. The summed E-state index contributed by atoms with van der Waals surface area (Å²) in [6.45, 7) is 4.59. The van der Waals surface area contributed by atoms with Crippen LogP contribution in [0.5, 0.6) is 5.88 Å². The van der Waals surface area contributed by atoms with Crippen molar-refractivity contribution in [2.24, 2.45) is 5.92 Å². The molecule has 2 atom stereocenters. The van der Waals surface area contributed by atoms with Crippen molar-refractivity contribution in [1.29, 1.82) is 0 Å². The first-order valence-corrected chi connectivity index (χ1v) is 9.06. The second-order valence-corrected chi connectivity index (χ2v) is 7.51. The SMILES string of the molecule is COC[C@H](C)NC(=O)COc1ncnc2sc3c(c12)CC[C@H](C)C3. The van der Waals surface area contributed by atoms with Gasteiger partial charge >= 0.3 is 0 Å². The van der Waals surface area contributed by atoms with Crippen molar-refractivity contribution >= 4 is 27.5 Å². The van der Waals surface area contributed by atoms with Crippen LogP contribution < -0.4 is 10.1 Å². The van der Waals surface area contributed by atoms with Gasteiger partial charge in [0, 0.05) is 18.0 Å². The normalized spacial score (nSPS) is 18.2. The van der Waals surface area contributed by atoms with Crippen LogP contribution in [-0.2, 0) is 22.4 Å². The Kier molecular flexibility index (Phi) is 5.30. The van der Waals surface area contributed by atoms with Gasteiger partial charge in [0.15, 0.2) is 6.61 Å². The fourth-order valence-electron chi connectivity index (χ4n) is 3.10. The van der Waals surface area contributed by atoms with Gasteiger partial charge in [-0.25, -0.2) is 9.97 Å². The van der Waals surface area contributed by atoms with Crippen molar-refractivity contribution in [3.8, 4) is 5.88 Å². The third kappa shape index (κ3) is 3.67. The number of aryl methyl sites for hydroxylation is 1. The number of aromatic nitrogens is 2. The number of thiophene rings is 1. The standard InChI is InChI=1S/C17H23N3O3S/c1-10-4-5-12-13(6-10)24-17-15(12)16(18-9-19-17)23-8-14(21)20-11(2)7-22-3/h9-11H,4-8H2,1-3H3,(H,20,21)/t10-,11-/m0/s1. The number of hydrogen-bond acceptors (Lipinski definition) is 6. The Bertz CT molecular complexity index is 731. The van der Waals surface area contributed by atoms with Crippen molar-refractivity contribution in [2.45, 2.75) is 39.2 Å². The molecule has 2 aromatic rings. The molecule has 6 nitrogen and oxygen atoms in total. The zero-order valence-electron chi connectivity index (χ0n) is 14.3. The van der Waals surface area contributed by atoms with Gasteiger partial charge in [0.2, 0.25) is 5.88 Å². The van der Waals surface area contributed by atoms with Crippen LogP contribution in [0.1, 0.15) is 30.7 Å². The average molecular weight is 349 g/mol. The van der Waals surface area contributed by atoms with Gasteiger partial charge in [-0.3, -0.25) is 4.79 Å². The lowest BCUT2D eigenvalue weighted by atomic mass is 9.89. The molecule has 2 heterocycles. The number of ether oxygens (including phenoxy) is 2. The van der Waals surface area contributed by atoms with Crippen LogP contribution in [-0.4, -0.2) is 42.2 Å². The summed E-state index contributed by atoms with van der Waals surface area (Å²) in [6.07, 6.45) is 4.79. The molecule has 0 unspecified atom stereocenters. The predicted molar refractivity (Wildman–Crippen MR) is 93.6 cm³/mol. The minimum absolute atomic E-state index is 0.0492. The Morgan fingerprint density at radius 1 is 1.50 bits per heavy atom. The molecule has 7 heteroatoms. The first kappa shape index (κ1) is 17.1. The van der Waals surface area contributed by atoms with E-state index in [1.165, 1.54) is 23.2 Å². The first-order valence-electron chi connectivity index (χ1n) is 8.24.